The molecular weight excluding hydrogens is 413 g/mol. The predicted octanol–water partition coefficient (Wildman–Crippen LogP) is 6.34. The van der Waals surface area contributed by atoms with Gasteiger partial charge in [-0.15, -0.1) is 23.2 Å². The van der Waals surface area contributed by atoms with Gasteiger partial charge in [0.15, 0.2) is 0 Å². The van der Waals surface area contributed by atoms with E-state index in [4.69, 9.17) is 23.2 Å². The van der Waals surface area contributed by atoms with E-state index in [0.29, 0.717) is 28.5 Å². The van der Waals surface area contributed by atoms with Crippen LogP contribution >= 0.6 is 23.2 Å². The van der Waals surface area contributed by atoms with Crippen molar-refractivity contribution < 1.29 is 5.11 Å². The molecule has 0 spiro atoms. The van der Waals surface area contributed by atoms with E-state index in [1.807, 2.05) is 0 Å². The number of hydrogen-bond acceptors (Lipinski definition) is 2. The molecule has 0 aromatic carbocycles. The highest BCUT2D eigenvalue weighted by atomic mass is 35.5. The summed E-state index contributed by atoms with van der Waals surface area (Å²) in [4.78, 5) is 2.48. The van der Waals surface area contributed by atoms with Crippen LogP contribution in [0, 0.1) is 40.4 Å². The van der Waals surface area contributed by atoms with Crippen molar-refractivity contribution in [3.05, 3.63) is 11.6 Å². The fourth-order valence-electron chi connectivity index (χ4n) is 8.68. The van der Waals surface area contributed by atoms with Gasteiger partial charge < -0.3 is 10.0 Å². The Hall–Kier alpha value is 0.240. The smallest absolute Gasteiger partial charge is 0.0577 e. The van der Waals surface area contributed by atoms with E-state index in [1.165, 1.54) is 38.5 Å². The number of fused-ring (bicyclic) bond motifs is 5. The van der Waals surface area contributed by atoms with Crippen LogP contribution in [-0.2, 0) is 0 Å². The molecule has 4 aliphatic carbocycles. The molecule has 0 heterocycles. The van der Waals surface area contributed by atoms with Crippen LogP contribution in [0.3, 0.4) is 0 Å². The number of alkyl halides is 2. The first-order valence-corrected chi connectivity index (χ1v) is 13.6. The van der Waals surface area contributed by atoms with E-state index in [-0.39, 0.29) is 6.10 Å². The minimum atomic E-state index is -0.102. The van der Waals surface area contributed by atoms with Gasteiger partial charge >= 0.3 is 0 Å². The highest BCUT2D eigenvalue weighted by Gasteiger charge is 2.59. The average Bonchev–Trinajstić information content (AvgIpc) is 3.06. The first kappa shape index (κ1) is 23.4. The zero-order valence-corrected chi connectivity index (χ0v) is 20.9. The molecule has 8 atom stereocenters. The third kappa shape index (κ3) is 4.02. The average molecular weight is 457 g/mol. The Balaban J connectivity index is 1.50. The minimum Gasteiger partial charge on any atom is -0.393 e. The molecule has 0 radical (unpaired) electrons. The molecule has 0 aromatic rings. The lowest BCUT2D eigenvalue weighted by atomic mass is 9.47. The zero-order valence-electron chi connectivity index (χ0n) is 19.4. The van der Waals surface area contributed by atoms with E-state index >= 15 is 0 Å². The summed E-state index contributed by atoms with van der Waals surface area (Å²) in [6.07, 6.45) is 12.4. The fourth-order valence-corrected chi connectivity index (χ4v) is 9.16. The number of aliphatic hydroxyl groups is 1. The van der Waals surface area contributed by atoms with Crippen LogP contribution in [-0.4, -0.2) is 47.5 Å². The number of halogens is 2. The van der Waals surface area contributed by atoms with Crippen molar-refractivity contribution >= 4 is 23.2 Å². The van der Waals surface area contributed by atoms with Gasteiger partial charge in [0.25, 0.3) is 0 Å². The van der Waals surface area contributed by atoms with Crippen LogP contribution in [0.1, 0.15) is 72.1 Å². The second-order valence-corrected chi connectivity index (χ2v) is 12.3. The SMILES string of the molecule is C[C@@H](CN(CCCl)CCCl)[C@H]1CC[C@H]2[C@@H]3CC=C4C[C@H](O)CC[C@]4(C)[C@H]3CC[C@]12C. The molecule has 4 aliphatic rings. The van der Waals surface area contributed by atoms with Gasteiger partial charge in [0, 0.05) is 31.4 Å². The Morgan fingerprint density at radius 1 is 1.07 bits per heavy atom. The Kier molecular flexibility index (Phi) is 7.21. The van der Waals surface area contributed by atoms with Crippen molar-refractivity contribution in [2.75, 3.05) is 31.4 Å². The Morgan fingerprint density at radius 2 is 1.80 bits per heavy atom. The lowest BCUT2D eigenvalue weighted by Gasteiger charge is -2.58. The van der Waals surface area contributed by atoms with Crippen LogP contribution < -0.4 is 0 Å². The molecule has 4 heteroatoms. The van der Waals surface area contributed by atoms with Gasteiger partial charge in [0.2, 0.25) is 0 Å². The van der Waals surface area contributed by atoms with Crippen molar-refractivity contribution in [2.24, 2.45) is 40.4 Å². The van der Waals surface area contributed by atoms with Crippen LogP contribution in [0.25, 0.3) is 0 Å². The van der Waals surface area contributed by atoms with Gasteiger partial charge in [0.1, 0.15) is 0 Å². The summed E-state index contributed by atoms with van der Waals surface area (Å²) in [6.45, 7) is 10.7. The first-order chi connectivity index (χ1) is 14.3. The van der Waals surface area contributed by atoms with Crippen LogP contribution in [0.4, 0.5) is 0 Å². The van der Waals surface area contributed by atoms with Crippen LogP contribution in [0.2, 0.25) is 0 Å². The summed E-state index contributed by atoms with van der Waals surface area (Å²) in [5, 5.41) is 10.2. The standard InChI is InChI=1S/C26H43Cl2NO/c1-18(17-29(14-12-27)15-13-28)22-6-7-23-21-5-4-19-16-20(30)8-10-25(19,2)24(21)9-11-26(22,23)3/h4,18,20-24,30H,5-17H2,1-3H3/t18-,20+,21-,22+,23-,24-,25-,26+/m0/s1. The third-order valence-corrected chi connectivity index (χ3v) is 10.5. The van der Waals surface area contributed by atoms with Gasteiger partial charge in [-0.1, -0.05) is 32.4 Å². The molecule has 0 bridgehead atoms. The number of hydrogen-bond donors (Lipinski definition) is 1. The van der Waals surface area contributed by atoms with E-state index in [1.54, 1.807) is 5.57 Å². The molecule has 1 N–H and O–H groups in total. The molecule has 0 unspecified atom stereocenters. The van der Waals surface area contributed by atoms with Gasteiger partial charge in [-0.05, 0) is 91.8 Å². The summed E-state index contributed by atoms with van der Waals surface area (Å²) < 4.78 is 0. The zero-order chi connectivity index (χ0) is 21.5. The highest BCUT2D eigenvalue weighted by Crippen LogP contribution is 2.67. The molecule has 172 valence electrons. The maximum Gasteiger partial charge on any atom is 0.0577 e. The van der Waals surface area contributed by atoms with Crippen LogP contribution in [0.5, 0.6) is 0 Å². The normalized spacial score (nSPS) is 44.2. The molecular formula is C26H43Cl2NO. The molecule has 3 fully saturated rings. The quantitative estimate of drug-likeness (QED) is 0.357. The molecule has 30 heavy (non-hydrogen) atoms. The molecule has 2 nitrogen and oxygen atoms in total. The Bertz CT molecular complexity index is 633. The largest absolute Gasteiger partial charge is 0.393 e. The summed E-state index contributed by atoms with van der Waals surface area (Å²) in [6, 6.07) is 0. The first-order valence-electron chi connectivity index (χ1n) is 12.6. The van der Waals surface area contributed by atoms with Crippen molar-refractivity contribution in [2.45, 2.75) is 78.2 Å². The monoisotopic (exact) mass is 455 g/mol. The second kappa shape index (κ2) is 9.24. The number of rotatable bonds is 7. The minimum absolute atomic E-state index is 0.102. The highest BCUT2D eigenvalue weighted by molar-refractivity contribution is 6.18. The maximum atomic E-state index is 10.2. The molecule has 0 aliphatic heterocycles. The Morgan fingerprint density at radius 3 is 2.50 bits per heavy atom. The third-order valence-electron chi connectivity index (χ3n) is 10.2. The van der Waals surface area contributed by atoms with Gasteiger partial charge in [-0.25, -0.2) is 0 Å². The maximum absolute atomic E-state index is 10.2. The van der Waals surface area contributed by atoms with Gasteiger partial charge in [0.05, 0.1) is 6.10 Å². The lowest BCUT2D eigenvalue weighted by molar-refractivity contribution is -0.0583. The lowest BCUT2D eigenvalue weighted by Crippen LogP contribution is -2.51. The van der Waals surface area contributed by atoms with E-state index < -0.39 is 0 Å². The Labute approximate surface area is 194 Å². The van der Waals surface area contributed by atoms with Crippen molar-refractivity contribution in [1.29, 1.82) is 0 Å². The van der Waals surface area contributed by atoms with Crippen molar-refractivity contribution in [3.8, 4) is 0 Å². The summed E-state index contributed by atoms with van der Waals surface area (Å²) in [7, 11) is 0. The molecule has 3 saturated carbocycles. The number of nitrogens with zero attached hydrogens (tertiary/aromatic N) is 1. The molecule has 4 rings (SSSR count). The van der Waals surface area contributed by atoms with Gasteiger partial charge in [-0.2, -0.15) is 0 Å². The fraction of sp³-hybridized carbons (Fsp3) is 0.923. The molecule has 0 saturated heterocycles. The van der Waals surface area contributed by atoms with Crippen LogP contribution in [0.15, 0.2) is 11.6 Å². The predicted molar refractivity (Wildman–Crippen MR) is 128 cm³/mol. The van der Waals surface area contributed by atoms with Crippen molar-refractivity contribution in [1.82, 2.24) is 4.90 Å². The van der Waals surface area contributed by atoms with E-state index in [9.17, 15) is 5.11 Å². The van der Waals surface area contributed by atoms with E-state index in [0.717, 1.165) is 56.1 Å². The van der Waals surface area contributed by atoms with E-state index in [2.05, 4.69) is 31.7 Å². The number of aliphatic hydroxyl groups excluding tert-OH is 1. The molecule has 0 amide bonds. The molecule has 0 aromatic heterocycles. The topological polar surface area (TPSA) is 23.5 Å². The van der Waals surface area contributed by atoms with Gasteiger partial charge in [-0.3, -0.25) is 0 Å². The second-order valence-electron chi connectivity index (χ2n) is 11.5. The summed E-state index contributed by atoms with van der Waals surface area (Å²) in [5.74, 6) is 5.48. The summed E-state index contributed by atoms with van der Waals surface area (Å²) in [5.41, 5.74) is 2.43. The summed E-state index contributed by atoms with van der Waals surface area (Å²) >= 11 is 12.1. The van der Waals surface area contributed by atoms with Crippen molar-refractivity contribution in [3.63, 3.8) is 0 Å². The number of allylic oxidation sites excluding steroid dienone is 1.